The highest BCUT2D eigenvalue weighted by Crippen LogP contribution is 2.15. The van der Waals surface area contributed by atoms with Crippen molar-refractivity contribution < 1.29 is 13.2 Å². The first-order valence-electron chi connectivity index (χ1n) is 5.88. The van der Waals surface area contributed by atoms with Crippen LogP contribution in [0.15, 0.2) is 29.2 Å². The zero-order valence-corrected chi connectivity index (χ0v) is 11.8. The van der Waals surface area contributed by atoms with Crippen molar-refractivity contribution in [3.8, 4) is 0 Å². The number of sulfonamides is 1. The molecule has 0 radical (unpaired) electrons. The van der Waals surface area contributed by atoms with E-state index in [1.165, 1.54) is 12.1 Å². The molecule has 0 bridgehead atoms. The number of hydrogen-bond acceptors (Lipinski definition) is 4. The summed E-state index contributed by atoms with van der Waals surface area (Å²) in [5.74, 6) is -0.553. The first-order valence-corrected chi connectivity index (χ1v) is 7.37. The van der Waals surface area contributed by atoms with Crippen molar-refractivity contribution in [3.05, 3.63) is 29.8 Å². The highest BCUT2D eigenvalue weighted by Gasteiger charge is 2.18. The van der Waals surface area contributed by atoms with Crippen molar-refractivity contribution in [2.75, 3.05) is 0 Å². The van der Waals surface area contributed by atoms with Crippen LogP contribution in [0.25, 0.3) is 0 Å². The number of hydrogen-bond donors (Lipinski definition) is 3. The fourth-order valence-electron chi connectivity index (χ4n) is 1.63. The van der Waals surface area contributed by atoms with E-state index < -0.39 is 22.0 Å². The zero-order chi connectivity index (χ0) is 14.6. The van der Waals surface area contributed by atoms with Gasteiger partial charge in [0, 0.05) is 18.5 Å². The quantitative estimate of drug-likeness (QED) is 0.694. The number of amides is 1. The Balaban J connectivity index is 2.85. The van der Waals surface area contributed by atoms with Gasteiger partial charge in [0.2, 0.25) is 15.9 Å². The standard InChI is InChI=1S/C12H19N3O3S/c1-8(7-12(14)16)15-19(17,18)11-5-3-10(4-6-11)9(2)13/h3-6,8-9,15H,7,13H2,1-2H3,(H2,14,16). The van der Waals surface area contributed by atoms with Gasteiger partial charge in [0.05, 0.1) is 4.90 Å². The van der Waals surface area contributed by atoms with E-state index in [1.54, 1.807) is 19.1 Å². The molecule has 0 saturated carbocycles. The van der Waals surface area contributed by atoms with Crippen LogP contribution in [-0.2, 0) is 14.8 Å². The molecule has 0 fully saturated rings. The second-order valence-electron chi connectivity index (χ2n) is 4.55. The molecule has 0 aliphatic carbocycles. The van der Waals surface area contributed by atoms with E-state index in [2.05, 4.69) is 4.72 Å². The minimum absolute atomic E-state index is 0.0445. The molecule has 1 aromatic rings. The molecule has 19 heavy (non-hydrogen) atoms. The summed E-state index contributed by atoms with van der Waals surface area (Å²) in [4.78, 5) is 10.9. The monoisotopic (exact) mass is 285 g/mol. The summed E-state index contributed by atoms with van der Waals surface area (Å²) in [7, 11) is -3.65. The molecular weight excluding hydrogens is 266 g/mol. The molecule has 1 amide bonds. The Hall–Kier alpha value is -1.44. The topological polar surface area (TPSA) is 115 Å². The lowest BCUT2D eigenvalue weighted by molar-refractivity contribution is -0.118. The van der Waals surface area contributed by atoms with Crippen LogP contribution < -0.4 is 16.2 Å². The van der Waals surface area contributed by atoms with Crippen molar-refractivity contribution in [1.82, 2.24) is 4.72 Å². The Bertz CT molecular complexity index is 538. The summed E-state index contributed by atoms with van der Waals surface area (Å²) in [5, 5.41) is 0. The summed E-state index contributed by atoms with van der Waals surface area (Å²) >= 11 is 0. The highest BCUT2D eigenvalue weighted by atomic mass is 32.2. The third-order valence-corrected chi connectivity index (χ3v) is 4.19. The average Bonchev–Trinajstić information content (AvgIpc) is 2.27. The number of carbonyl (C=O) groups is 1. The lowest BCUT2D eigenvalue weighted by Gasteiger charge is -2.13. The van der Waals surface area contributed by atoms with Crippen molar-refractivity contribution >= 4 is 15.9 Å². The lowest BCUT2D eigenvalue weighted by atomic mass is 10.1. The van der Waals surface area contributed by atoms with Gasteiger partial charge >= 0.3 is 0 Å². The Labute approximate surface area is 113 Å². The van der Waals surface area contributed by atoms with Crippen LogP contribution in [0, 0.1) is 0 Å². The van der Waals surface area contributed by atoms with E-state index in [4.69, 9.17) is 11.5 Å². The molecule has 5 N–H and O–H groups in total. The Morgan fingerprint density at radius 1 is 1.26 bits per heavy atom. The molecule has 106 valence electrons. The number of rotatable bonds is 6. The van der Waals surface area contributed by atoms with Gasteiger partial charge in [0.1, 0.15) is 0 Å². The van der Waals surface area contributed by atoms with Crippen LogP contribution in [-0.4, -0.2) is 20.4 Å². The fourth-order valence-corrected chi connectivity index (χ4v) is 2.87. The second-order valence-corrected chi connectivity index (χ2v) is 6.26. The van der Waals surface area contributed by atoms with Crippen molar-refractivity contribution in [2.24, 2.45) is 11.5 Å². The van der Waals surface area contributed by atoms with Gasteiger partial charge in [-0.1, -0.05) is 12.1 Å². The van der Waals surface area contributed by atoms with Gasteiger partial charge in [-0.15, -0.1) is 0 Å². The van der Waals surface area contributed by atoms with Gasteiger partial charge in [-0.05, 0) is 31.5 Å². The predicted octanol–water partition coefficient (Wildman–Crippen LogP) is 0.249. The molecule has 0 aliphatic rings. The largest absolute Gasteiger partial charge is 0.370 e. The number of nitrogens with one attached hydrogen (secondary N) is 1. The van der Waals surface area contributed by atoms with Crippen molar-refractivity contribution in [2.45, 2.75) is 37.2 Å². The first kappa shape index (κ1) is 15.6. The number of carbonyl (C=O) groups excluding carboxylic acids is 1. The first-order chi connectivity index (χ1) is 8.72. The summed E-state index contributed by atoms with van der Waals surface area (Å²) in [6.45, 7) is 3.40. The van der Waals surface area contributed by atoms with Crippen LogP contribution in [0.4, 0.5) is 0 Å². The molecule has 1 rings (SSSR count). The maximum atomic E-state index is 12.0. The van der Waals surface area contributed by atoms with Gasteiger partial charge in [0.25, 0.3) is 0 Å². The second kappa shape index (κ2) is 6.14. The smallest absolute Gasteiger partial charge is 0.240 e. The molecule has 1 aromatic carbocycles. The van der Waals surface area contributed by atoms with Crippen LogP contribution >= 0.6 is 0 Å². The average molecular weight is 285 g/mol. The summed E-state index contributed by atoms with van der Waals surface area (Å²) < 4.78 is 26.4. The van der Waals surface area contributed by atoms with Crippen LogP contribution in [0.1, 0.15) is 31.9 Å². The minimum Gasteiger partial charge on any atom is -0.370 e. The molecule has 0 spiro atoms. The molecular formula is C12H19N3O3S. The van der Waals surface area contributed by atoms with Crippen molar-refractivity contribution in [3.63, 3.8) is 0 Å². The third kappa shape index (κ3) is 4.62. The fraction of sp³-hybridized carbons (Fsp3) is 0.417. The molecule has 0 saturated heterocycles. The molecule has 6 nitrogen and oxygen atoms in total. The Morgan fingerprint density at radius 2 is 1.79 bits per heavy atom. The lowest BCUT2D eigenvalue weighted by Crippen LogP contribution is -2.35. The molecule has 7 heteroatoms. The Morgan fingerprint density at radius 3 is 2.21 bits per heavy atom. The molecule has 0 aromatic heterocycles. The number of primary amides is 1. The zero-order valence-electron chi connectivity index (χ0n) is 11.0. The minimum atomic E-state index is -3.65. The third-order valence-electron chi connectivity index (χ3n) is 2.58. The highest BCUT2D eigenvalue weighted by molar-refractivity contribution is 7.89. The van der Waals surface area contributed by atoms with Gasteiger partial charge in [0.15, 0.2) is 0 Å². The molecule has 2 unspecified atom stereocenters. The number of nitrogens with two attached hydrogens (primary N) is 2. The van der Waals surface area contributed by atoms with Gasteiger partial charge in [-0.25, -0.2) is 13.1 Å². The van der Waals surface area contributed by atoms with E-state index >= 15 is 0 Å². The predicted molar refractivity (Wildman–Crippen MR) is 72.6 cm³/mol. The maximum absolute atomic E-state index is 12.0. The van der Waals surface area contributed by atoms with Crippen LogP contribution in [0.3, 0.4) is 0 Å². The maximum Gasteiger partial charge on any atom is 0.240 e. The van der Waals surface area contributed by atoms with Crippen molar-refractivity contribution in [1.29, 1.82) is 0 Å². The normalized spacial score (nSPS) is 14.9. The van der Waals surface area contributed by atoms with E-state index in [9.17, 15) is 13.2 Å². The Kier molecular flexibility index (Phi) is 5.04. The van der Waals surface area contributed by atoms with Gasteiger partial charge < -0.3 is 11.5 Å². The summed E-state index contributed by atoms with van der Waals surface area (Å²) in [6.07, 6.45) is -0.0445. The van der Waals surface area contributed by atoms with Crippen LogP contribution in [0.2, 0.25) is 0 Å². The molecule has 2 atom stereocenters. The van der Waals surface area contributed by atoms with E-state index in [-0.39, 0.29) is 17.4 Å². The van der Waals surface area contributed by atoms with E-state index in [0.717, 1.165) is 5.56 Å². The van der Waals surface area contributed by atoms with E-state index in [0.29, 0.717) is 0 Å². The van der Waals surface area contributed by atoms with E-state index in [1.807, 2.05) is 6.92 Å². The van der Waals surface area contributed by atoms with Crippen LogP contribution in [0.5, 0.6) is 0 Å². The molecule has 0 aliphatic heterocycles. The molecule has 0 heterocycles. The summed E-state index contributed by atoms with van der Waals surface area (Å²) in [6, 6.07) is 5.60. The number of benzene rings is 1. The van der Waals surface area contributed by atoms with Gasteiger partial charge in [-0.3, -0.25) is 4.79 Å². The SMILES string of the molecule is CC(CC(N)=O)NS(=O)(=O)c1ccc(C(C)N)cc1. The van der Waals surface area contributed by atoms with Gasteiger partial charge in [-0.2, -0.15) is 0 Å². The summed E-state index contributed by atoms with van der Waals surface area (Å²) in [5.41, 5.74) is 11.6.